The zero-order chi connectivity index (χ0) is 14.1. The Morgan fingerprint density at radius 1 is 1.39 bits per heavy atom. The molecule has 0 unspecified atom stereocenters. The highest BCUT2D eigenvalue weighted by Crippen LogP contribution is 2.09. The highest BCUT2D eigenvalue weighted by Gasteiger charge is 2.02. The number of aliphatic carboxylic acids is 1. The van der Waals surface area contributed by atoms with E-state index in [9.17, 15) is 4.79 Å². The minimum atomic E-state index is -1.05. The first-order valence-corrected chi connectivity index (χ1v) is 5.88. The Labute approximate surface area is 114 Å². The molecule has 0 saturated heterocycles. The maximum Gasteiger partial charge on any atom is 0.341 e. The van der Waals surface area contributed by atoms with Crippen LogP contribution in [0.25, 0.3) is 0 Å². The van der Waals surface area contributed by atoms with Gasteiger partial charge in [-0.05, 0) is 31.1 Å². The first-order valence-electron chi connectivity index (χ1n) is 5.43. The molecule has 0 aromatic rings. The van der Waals surface area contributed by atoms with Crippen LogP contribution in [0.15, 0.2) is 59.7 Å². The SMILES string of the molecule is C=C/C(C)=C(\C=C)NCCC(=C)/C=C(\S)C(=O)O. The van der Waals surface area contributed by atoms with E-state index in [1.54, 1.807) is 12.2 Å². The second kappa shape index (κ2) is 8.42. The summed E-state index contributed by atoms with van der Waals surface area (Å²) in [5.41, 5.74) is 2.62. The van der Waals surface area contributed by atoms with Crippen molar-refractivity contribution in [2.75, 3.05) is 6.54 Å². The van der Waals surface area contributed by atoms with Crippen molar-refractivity contribution in [2.45, 2.75) is 13.3 Å². The molecule has 3 nitrogen and oxygen atoms in total. The van der Waals surface area contributed by atoms with Gasteiger partial charge >= 0.3 is 5.97 Å². The van der Waals surface area contributed by atoms with Crippen molar-refractivity contribution in [3.8, 4) is 0 Å². The van der Waals surface area contributed by atoms with Crippen LogP contribution in [0, 0.1) is 0 Å². The Bertz CT molecular complexity index is 420. The summed E-state index contributed by atoms with van der Waals surface area (Å²) in [6.45, 7) is 13.7. The van der Waals surface area contributed by atoms with Gasteiger partial charge in [-0.3, -0.25) is 0 Å². The van der Waals surface area contributed by atoms with Crippen molar-refractivity contribution >= 4 is 18.6 Å². The topological polar surface area (TPSA) is 49.3 Å². The molecular weight excluding hydrogens is 246 g/mol. The lowest BCUT2D eigenvalue weighted by Crippen LogP contribution is -2.14. The fourth-order valence-electron chi connectivity index (χ4n) is 1.17. The third-order valence-corrected chi connectivity index (χ3v) is 2.58. The zero-order valence-electron chi connectivity index (χ0n) is 10.6. The lowest BCUT2D eigenvalue weighted by atomic mass is 10.2. The maximum absolute atomic E-state index is 10.6. The number of carboxylic acids is 1. The number of hydrogen-bond acceptors (Lipinski definition) is 3. The smallest absolute Gasteiger partial charge is 0.341 e. The van der Waals surface area contributed by atoms with Gasteiger partial charge in [-0.1, -0.05) is 31.4 Å². The molecule has 0 aliphatic heterocycles. The average Bonchev–Trinajstić information content (AvgIpc) is 2.33. The van der Waals surface area contributed by atoms with E-state index >= 15 is 0 Å². The standard InChI is InChI=1S/C14H19NO2S/c1-5-11(4)12(6-2)15-8-7-10(3)9-13(18)14(16)17/h5-6,9,15,18H,1-3,7-8H2,4H3,(H,16,17)/b12-11+,13-9-. The van der Waals surface area contributed by atoms with Crippen LogP contribution in [0.3, 0.4) is 0 Å². The molecule has 98 valence electrons. The fourth-order valence-corrected chi connectivity index (χ4v) is 1.35. The second-order valence-electron chi connectivity index (χ2n) is 3.67. The normalized spacial score (nSPS) is 12.4. The Morgan fingerprint density at radius 2 is 2.00 bits per heavy atom. The van der Waals surface area contributed by atoms with Gasteiger partial charge in [-0.2, -0.15) is 0 Å². The van der Waals surface area contributed by atoms with Gasteiger partial charge in [-0.15, -0.1) is 12.6 Å². The van der Waals surface area contributed by atoms with Gasteiger partial charge in [0.2, 0.25) is 0 Å². The number of thiol groups is 1. The summed E-state index contributed by atoms with van der Waals surface area (Å²) < 4.78 is 0. The molecule has 2 N–H and O–H groups in total. The predicted molar refractivity (Wildman–Crippen MR) is 79.6 cm³/mol. The Morgan fingerprint density at radius 3 is 2.44 bits per heavy atom. The molecule has 0 fully saturated rings. The summed E-state index contributed by atoms with van der Waals surface area (Å²) in [5, 5.41) is 11.8. The van der Waals surface area contributed by atoms with Crippen LogP contribution in [0.2, 0.25) is 0 Å². The highest BCUT2D eigenvalue weighted by molar-refractivity contribution is 7.85. The number of carbonyl (C=O) groups is 1. The monoisotopic (exact) mass is 265 g/mol. The van der Waals surface area contributed by atoms with E-state index in [1.165, 1.54) is 6.08 Å². The lowest BCUT2D eigenvalue weighted by Gasteiger charge is -2.09. The van der Waals surface area contributed by atoms with Crippen molar-refractivity contribution < 1.29 is 9.90 Å². The molecule has 0 amide bonds. The average molecular weight is 265 g/mol. The van der Waals surface area contributed by atoms with Gasteiger partial charge in [0.15, 0.2) is 0 Å². The molecule has 0 atom stereocenters. The minimum Gasteiger partial charge on any atom is -0.477 e. The Balaban J connectivity index is 4.33. The fraction of sp³-hybridized carbons (Fsp3) is 0.214. The van der Waals surface area contributed by atoms with Crippen LogP contribution in [-0.2, 0) is 4.79 Å². The number of allylic oxidation sites excluding steroid dienone is 4. The molecule has 0 aliphatic rings. The van der Waals surface area contributed by atoms with Crippen LogP contribution >= 0.6 is 12.6 Å². The first-order chi connectivity index (χ1) is 8.42. The van der Waals surface area contributed by atoms with Gasteiger partial charge in [0, 0.05) is 12.2 Å². The van der Waals surface area contributed by atoms with Crippen molar-refractivity contribution in [1.29, 1.82) is 0 Å². The van der Waals surface area contributed by atoms with Crippen LogP contribution < -0.4 is 5.32 Å². The Kier molecular flexibility index (Phi) is 7.63. The molecule has 0 radical (unpaired) electrons. The van der Waals surface area contributed by atoms with Gasteiger partial charge in [0.05, 0.1) is 4.91 Å². The highest BCUT2D eigenvalue weighted by atomic mass is 32.1. The quantitative estimate of drug-likeness (QED) is 0.359. The van der Waals surface area contributed by atoms with E-state index in [0.29, 0.717) is 18.5 Å². The molecule has 0 aromatic heterocycles. The minimum absolute atomic E-state index is 0.0123. The van der Waals surface area contributed by atoms with Crippen LogP contribution in [0.4, 0.5) is 0 Å². The molecule has 0 aromatic carbocycles. The van der Waals surface area contributed by atoms with Crippen molar-refractivity contribution in [1.82, 2.24) is 5.32 Å². The molecule has 18 heavy (non-hydrogen) atoms. The van der Waals surface area contributed by atoms with Gasteiger partial charge in [0.1, 0.15) is 0 Å². The molecular formula is C14H19NO2S. The molecule has 0 spiro atoms. The second-order valence-corrected chi connectivity index (χ2v) is 4.16. The van der Waals surface area contributed by atoms with Crippen molar-refractivity contribution in [3.05, 3.63) is 59.7 Å². The molecule has 0 rings (SSSR count). The van der Waals surface area contributed by atoms with Crippen molar-refractivity contribution in [2.24, 2.45) is 0 Å². The summed E-state index contributed by atoms with van der Waals surface area (Å²) in [5.74, 6) is -1.05. The third kappa shape index (κ3) is 6.15. The predicted octanol–water partition coefficient (Wildman–Crippen LogP) is 3.07. The number of hydrogen-bond donors (Lipinski definition) is 3. The zero-order valence-corrected chi connectivity index (χ0v) is 11.5. The van der Waals surface area contributed by atoms with Crippen LogP contribution in [0.1, 0.15) is 13.3 Å². The maximum atomic E-state index is 10.6. The molecule has 0 saturated carbocycles. The van der Waals surface area contributed by atoms with E-state index in [4.69, 9.17) is 5.11 Å². The lowest BCUT2D eigenvalue weighted by molar-refractivity contribution is -0.131. The third-order valence-electron chi connectivity index (χ3n) is 2.26. The van der Waals surface area contributed by atoms with E-state index in [-0.39, 0.29) is 4.91 Å². The van der Waals surface area contributed by atoms with E-state index in [2.05, 4.69) is 37.7 Å². The molecule has 0 aliphatic carbocycles. The molecule has 0 heterocycles. The molecule has 4 heteroatoms. The summed E-state index contributed by atoms with van der Waals surface area (Å²) in [6.07, 6.45) is 5.54. The Hall–Kier alpha value is -1.68. The molecule has 0 bridgehead atoms. The van der Waals surface area contributed by atoms with Gasteiger partial charge in [0.25, 0.3) is 0 Å². The number of carboxylic acid groups (broad SMARTS) is 1. The van der Waals surface area contributed by atoms with E-state index in [0.717, 1.165) is 11.3 Å². The summed E-state index contributed by atoms with van der Waals surface area (Å²) >= 11 is 3.83. The summed E-state index contributed by atoms with van der Waals surface area (Å²) in [4.78, 5) is 10.5. The largest absolute Gasteiger partial charge is 0.477 e. The van der Waals surface area contributed by atoms with E-state index in [1.807, 2.05) is 6.92 Å². The number of nitrogens with one attached hydrogen (secondary N) is 1. The van der Waals surface area contributed by atoms with E-state index < -0.39 is 5.97 Å². The van der Waals surface area contributed by atoms with Gasteiger partial charge in [-0.25, -0.2) is 4.79 Å². The van der Waals surface area contributed by atoms with Gasteiger partial charge < -0.3 is 10.4 Å². The summed E-state index contributed by atoms with van der Waals surface area (Å²) in [7, 11) is 0. The summed E-state index contributed by atoms with van der Waals surface area (Å²) in [6, 6.07) is 0. The van der Waals surface area contributed by atoms with Crippen molar-refractivity contribution in [3.63, 3.8) is 0 Å². The first kappa shape index (κ1) is 16.3. The van der Waals surface area contributed by atoms with Crippen LogP contribution in [-0.4, -0.2) is 17.6 Å². The number of rotatable bonds is 8. The van der Waals surface area contributed by atoms with Crippen LogP contribution in [0.5, 0.6) is 0 Å².